The molecule has 0 fully saturated rings. The van der Waals surface area contributed by atoms with E-state index in [0.29, 0.717) is 11.6 Å². The van der Waals surface area contributed by atoms with Gasteiger partial charge in [-0.05, 0) is 29.8 Å². The Morgan fingerprint density at radius 2 is 2.35 bits per heavy atom. The number of carbonyl (C=O) groups is 1. The lowest BCUT2D eigenvalue weighted by atomic mass is 10.3. The minimum Gasteiger partial charge on any atom is -0.480 e. The first-order valence-corrected chi connectivity index (χ1v) is 5.13. The molecule has 6 heteroatoms. The Labute approximate surface area is 102 Å². The SMILES string of the molecule is COc1ncccc1NC(=O)c1ccoc1Cl. The molecule has 0 bridgehead atoms. The normalized spacial score (nSPS) is 10.0. The molecule has 0 saturated heterocycles. The molecular formula is C11H9ClN2O3. The summed E-state index contributed by atoms with van der Waals surface area (Å²) in [4.78, 5) is 15.8. The summed E-state index contributed by atoms with van der Waals surface area (Å²) in [5, 5.41) is 2.68. The van der Waals surface area contributed by atoms with E-state index in [1.54, 1.807) is 18.3 Å². The molecule has 2 aromatic rings. The van der Waals surface area contributed by atoms with Gasteiger partial charge in [-0.2, -0.15) is 0 Å². The van der Waals surface area contributed by atoms with E-state index in [1.165, 1.54) is 19.4 Å². The molecule has 0 aliphatic carbocycles. The van der Waals surface area contributed by atoms with Crippen LogP contribution in [0.3, 0.4) is 0 Å². The number of rotatable bonds is 3. The van der Waals surface area contributed by atoms with Crippen LogP contribution in [0.1, 0.15) is 10.4 Å². The molecule has 88 valence electrons. The smallest absolute Gasteiger partial charge is 0.260 e. The Kier molecular flexibility index (Phi) is 3.30. The highest BCUT2D eigenvalue weighted by atomic mass is 35.5. The number of hydrogen-bond acceptors (Lipinski definition) is 4. The van der Waals surface area contributed by atoms with Crippen molar-refractivity contribution in [2.75, 3.05) is 12.4 Å². The van der Waals surface area contributed by atoms with Crippen molar-refractivity contribution < 1.29 is 13.9 Å². The number of methoxy groups -OCH3 is 1. The quantitative estimate of drug-likeness (QED) is 0.912. The lowest BCUT2D eigenvalue weighted by Gasteiger charge is -2.07. The Hall–Kier alpha value is -2.01. The second kappa shape index (κ2) is 4.88. The number of ether oxygens (including phenoxy) is 1. The summed E-state index contributed by atoms with van der Waals surface area (Å²) in [6.07, 6.45) is 2.91. The van der Waals surface area contributed by atoms with Gasteiger partial charge in [-0.3, -0.25) is 4.79 Å². The number of nitrogens with zero attached hydrogens (tertiary/aromatic N) is 1. The molecule has 0 aliphatic rings. The van der Waals surface area contributed by atoms with Crippen LogP contribution in [0.4, 0.5) is 5.69 Å². The number of furan rings is 1. The zero-order chi connectivity index (χ0) is 12.3. The maximum absolute atomic E-state index is 11.8. The van der Waals surface area contributed by atoms with Crippen LogP contribution < -0.4 is 10.1 Å². The molecule has 17 heavy (non-hydrogen) atoms. The first kappa shape index (κ1) is 11.5. The fourth-order valence-corrected chi connectivity index (χ4v) is 1.49. The lowest BCUT2D eigenvalue weighted by Crippen LogP contribution is -2.12. The molecule has 1 N–H and O–H groups in total. The van der Waals surface area contributed by atoms with E-state index in [0.717, 1.165) is 0 Å². The summed E-state index contributed by atoms with van der Waals surface area (Å²) in [5.41, 5.74) is 0.731. The van der Waals surface area contributed by atoms with Gasteiger partial charge in [0.25, 0.3) is 5.91 Å². The minimum absolute atomic E-state index is 0.0466. The standard InChI is InChI=1S/C11H9ClN2O3/c1-16-11-8(3-2-5-13-11)14-10(15)7-4-6-17-9(7)12/h2-6H,1H3,(H,14,15). The molecule has 1 amide bonds. The number of carbonyl (C=O) groups excluding carboxylic acids is 1. The number of nitrogens with one attached hydrogen (secondary N) is 1. The fraction of sp³-hybridized carbons (Fsp3) is 0.0909. The van der Waals surface area contributed by atoms with E-state index in [-0.39, 0.29) is 16.7 Å². The Balaban J connectivity index is 2.22. The van der Waals surface area contributed by atoms with Gasteiger partial charge in [0.1, 0.15) is 5.69 Å². The number of anilines is 1. The highest BCUT2D eigenvalue weighted by Gasteiger charge is 2.15. The van der Waals surface area contributed by atoms with Crippen LogP contribution in [-0.2, 0) is 0 Å². The predicted octanol–water partition coefficient (Wildman–Crippen LogP) is 2.59. The largest absolute Gasteiger partial charge is 0.480 e. The van der Waals surface area contributed by atoms with Crippen molar-refractivity contribution in [2.45, 2.75) is 0 Å². The van der Waals surface area contributed by atoms with Gasteiger partial charge >= 0.3 is 0 Å². The van der Waals surface area contributed by atoms with Gasteiger partial charge in [0, 0.05) is 6.20 Å². The Morgan fingerprint density at radius 1 is 1.53 bits per heavy atom. The predicted molar refractivity (Wildman–Crippen MR) is 62.5 cm³/mol. The third-order valence-electron chi connectivity index (χ3n) is 2.08. The zero-order valence-corrected chi connectivity index (χ0v) is 9.69. The number of hydrogen-bond donors (Lipinski definition) is 1. The maximum atomic E-state index is 11.8. The van der Waals surface area contributed by atoms with Crippen LogP contribution >= 0.6 is 11.6 Å². The number of pyridine rings is 1. The monoisotopic (exact) mass is 252 g/mol. The van der Waals surface area contributed by atoms with Crippen LogP contribution in [0.15, 0.2) is 35.1 Å². The van der Waals surface area contributed by atoms with Crippen molar-refractivity contribution >= 4 is 23.2 Å². The maximum Gasteiger partial charge on any atom is 0.260 e. The van der Waals surface area contributed by atoms with E-state index < -0.39 is 0 Å². The van der Waals surface area contributed by atoms with Gasteiger partial charge in [-0.1, -0.05) is 0 Å². The third-order valence-corrected chi connectivity index (χ3v) is 2.37. The number of aromatic nitrogens is 1. The van der Waals surface area contributed by atoms with Crippen molar-refractivity contribution in [1.29, 1.82) is 0 Å². The van der Waals surface area contributed by atoms with E-state index in [2.05, 4.69) is 10.3 Å². The topological polar surface area (TPSA) is 64.4 Å². The van der Waals surface area contributed by atoms with Crippen molar-refractivity contribution in [3.05, 3.63) is 41.4 Å². The molecule has 0 atom stereocenters. The van der Waals surface area contributed by atoms with Crippen molar-refractivity contribution in [3.8, 4) is 5.88 Å². The van der Waals surface area contributed by atoms with Gasteiger partial charge in [-0.25, -0.2) is 4.98 Å². The van der Waals surface area contributed by atoms with Crippen molar-refractivity contribution in [2.24, 2.45) is 0 Å². The third kappa shape index (κ3) is 2.39. The van der Waals surface area contributed by atoms with Gasteiger partial charge in [0.15, 0.2) is 0 Å². The molecule has 2 heterocycles. The molecule has 0 aromatic carbocycles. The second-order valence-electron chi connectivity index (χ2n) is 3.12. The summed E-state index contributed by atoms with van der Waals surface area (Å²) in [7, 11) is 1.48. The highest BCUT2D eigenvalue weighted by Crippen LogP contribution is 2.23. The van der Waals surface area contributed by atoms with Gasteiger partial charge in [-0.15, -0.1) is 0 Å². The van der Waals surface area contributed by atoms with Gasteiger partial charge < -0.3 is 14.5 Å². The Morgan fingerprint density at radius 3 is 3.00 bits per heavy atom. The molecule has 0 radical (unpaired) electrons. The van der Waals surface area contributed by atoms with Crippen LogP contribution in [-0.4, -0.2) is 18.0 Å². The highest BCUT2D eigenvalue weighted by molar-refractivity contribution is 6.32. The molecule has 0 unspecified atom stereocenters. The van der Waals surface area contributed by atoms with Gasteiger partial charge in [0.2, 0.25) is 11.1 Å². The number of amides is 1. The van der Waals surface area contributed by atoms with E-state index in [1.807, 2.05) is 0 Å². The average Bonchev–Trinajstić information content (AvgIpc) is 2.76. The fourth-order valence-electron chi connectivity index (χ4n) is 1.29. The molecular weight excluding hydrogens is 244 g/mol. The van der Waals surface area contributed by atoms with Crippen LogP contribution in [0.5, 0.6) is 5.88 Å². The van der Waals surface area contributed by atoms with Crippen LogP contribution in [0, 0.1) is 0 Å². The molecule has 0 spiro atoms. The average molecular weight is 253 g/mol. The minimum atomic E-state index is -0.380. The van der Waals surface area contributed by atoms with Gasteiger partial charge in [0.05, 0.1) is 18.9 Å². The molecule has 5 nitrogen and oxygen atoms in total. The summed E-state index contributed by atoms with van der Waals surface area (Å²) < 4.78 is 9.85. The molecule has 0 saturated carbocycles. The van der Waals surface area contributed by atoms with Crippen LogP contribution in [0.25, 0.3) is 0 Å². The Bertz CT molecular complexity index is 539. The first-order valence-electron chi connectivity index (χ1n) is 4.75. The summed E-state index contributed by atoms with van der Waals surface area (Å²) >= 11 is 5.70. The second-order valence-corrected chi connectivity index (χ2v) is 3.47. The summed E-state index contributed by atoms with van der Waals surface area (Å²) in [6.45, 7) is 0. The first-order chi connectivity index (χ1) is 8.22. The zero-order valence-electron chi connectivity index (χ0n) is 8.94. The van der Waals surface area contributed by atoms with Crippen molar-refractivity contribution in [3.63, 3.8) is 0 Å². The molecule has 2 rings (SSSR count). The summed E-state index contributed by atoms with van der Waals surface area (Å²) in [5.74, 6) is -0.0458. The van der Waals surface area contributed by atoms with Crippen LogP contribution in [0.2, 0.25) is 5.22 Å². The van der Waals surface area contributed by atoms with Crippen molar-refractivity contribution in [1.82, 2.24) is 4.98 Å². The van der Waals surface area contributed by atoms with E-state index >= 15 is 0 Å². The molecule has 0 aliphatic heterocycles. The number of halogens is 1. The lowest BCUT2D eigenvalue weighted by molar-refractivity contribution is 0.102. The van der Waals surface area contributed by atoms with E-state index in [9.17, 15) is 4.79 Å². The summed E-state index contributed by atoms with van der Waals surface area (Å²) in [6, 6.07) is 4.85. The van der Waals surface area contributed by atoms with E-state index in [4.69, 9.17) is 20.8 Å². The molecule has 2 aromatic heterocycles.